The molecule has 0 aliphatic heterocycles. The first-order valence-corrected chi connectivity index (χ1v) is 8.95. The van der Waals surface area contributed by atoms with Crippen LogP contribution in [0.3, 0.4) is 0 Å². The Morgan fingerprint density at radius 1 is 1.15 bits per heavy atom. The Bertz CT molecular complexity index is 939. The van der Waals surface area contributed by atoms with Gasteiger partial charge in [0.1, 0.15) is 11.3 Å². The predicted molar refractivity (Wildman–Crippen MR) is 104 cm³/mol. The van der Waals surface area contributed by atoms with Gasteiger partial charge in [-0.25, -0.2) is 14.8 Å². The van der Waals surface area contributed by atoms with E-state index in [1.54, 1.807) is 4.57 Å². The van der Waals surface area contributed by atoms with E-state index < -0.39 is 0 Å². The number of anilines is 1. The summed E-state index contributed by atoms with van der Waals surface area (Å²) >= 11 is 0. The number of nitrogens with two attached hydrogens (primary N) is 1. The van der Waals surface area contributed by atoms with Crippen LogP contribution in [0.15, 0.2) is 29.1 Å². The van der Waals surface area contributed by atoms with Crippen molar-refractivity contribution in [2.75, 3.05) is 19.8 Å². The summed E-state index contributed by atoms with van der Waals surface area (Å²) in [6.07, 6.45) is 2.81. The van der Waals surface area contributed by atoms with Crippen LogP contribution < -0.4 is 11.4 Å². The molecule has 0 aliphatic rings. The van der Waals surface area contributed by atoms with E-state index in [2.05, 4.69) is 38.9 Å². The zero-order chi connectivity index (χ0) is 18.7. The molecule has 0 fully saturated rings. The highest BCUT2D eigenvalue weighted by molar-refractivity contribution is 5.81. The zero-order valence-corrected chi connectivity index (χ0v) is 15.6. The fourth-order valence-electron chi connectivity index (χ4n) is 2.99. The molecule has 3 N–H and O–H groups in total. The van der Waals surface area contributed by atoms with Crippen molar-refractivity contribution in [1.82, 2.24) is 24.4 Å². The lowest BCUT2D eigenvalue weighted by Crippen LogP contribution is -2.18. The lowest BCUT2D eigenvalue weighted by Gasteiger charge is -2.10. The summed E-state index contributed by atoms with van der Waals surface area (Å²) in [7, 11) is 4.08. The molecule has 0 radical (unpaired) electrons. The second-order valence-corrected chi connectivity index (χ2v) is 6.90. The van der Waals surface area contributed by atoms with Gasteiger partial charge in [-0.2, -0.15) is 0 Å². The minimum absolute atomic E-state index is 0.217. The van der Waals surface area contributed by atoms with Crippen molar-refractivity contribution in [3.63, 3.8) is 0 Å². The van der Waals surface area contributed by atoms with E-state index >= 15 is 0 Å². The summed E-state index contributed by atoms with van der Waals surface area (Å²) in [6.45, 7) is 3.46. The van der Waals surface area contributed by atoms with Crippen molar-refractivity contribution in [2.24, 2.45) is 0 Å². The number of benzene rings is 1. The molecule has 0 unspecified atom stereocenters. The van der Waals surface area contributed by atoms with Crippen molar-refractivity contribution < 1.29 is 0 Å². The quantitative estimate of drug-likeness (QED) is 0.678. The van der Waals surface area contributed by atoms with E-state index in [4.69, 9.17) is 5.73 Å². The van der Waals surface area contributed by atoms with E-state index in [9.17, 15) is 4.79 Å². The maximum absolute atomic E-state index is 12.4. The molecule has 0 aliphatic carbocycles. The number of unbranched alkanes of at least 4 members (excludes halogenated alkanes) is 1. The first-order chi connectivity index (χ1) is 12.5. The molecule has 3 rings (SSSR count). The highest BCUT2D eigenvalue weighted by atomic mass is 16.1. The molecular formula is C19H26N6O. The molecule has 2 heterocycles. The minimum atomic E-state index is -0.217. The number of nitrogens with one attached hydrogen (secondary N) is 1. The van der Waals surface area contributed by atoms with Gasteiger partial charge in [0.05, 0.1) is 6.54 Å². The normalized spacial score (nSPS) is 11.5. The topological polar surface area (TPSA) is 92.8 Å². The zero-order valence-electron chi connectivity index (χ0n) is 15.6. The second-order valence-electron chi connectivity index (χ2n) is 6.90. The summed E-state index contributed by atoms with van der Waals surface area (Å²) in [4.78, 5) is 26.2. The Hall–Kier alpha value is -2.67. The standard InChI is InChI=1S/C19H26N6O/c1-4-5-6-15-21-17(20)16-18(22-15)25(19(26)23-16)12-14-9-7-13(8-10-14)11-24(2)3/h7-10H,4-6,11-12H2,1-3H3,(H,23,26)(H2,20,21,22). The molecule has 3 aromatic rings. The lowest BCUT2D eigenvalue weighted by molar-refractivity contribution is 0.402. The van der Waals surface area contributed by atoms with E-state index in [0.29, 0.717) is 29.4 Å². The van der Waals surface area contributed by atoms with E-state index in [1.807, 2.05) is 26.2 Å². The van der Waals surface area contributed by atoms with Crippen LogP contribution in [-0.2, 0) is 19.5 Å². The average molecular weight is 354 g/mol. The number of aromatic nitrogens is 4. The molecule has 0 spiro atoms. The van der Waals surface area contributed by atoms with Gasteiger partial charge in [0.15, 0.2) is 11.5 Å². The second kappa shape index (κ2) is 7.70. The number of rotatable bonds is 7. The lowest BCUT2D eigenvalue weighted by atomic mass is 10.1. The summed E-state index contributed by atoms with van der Waals surface area (Å²) in [5.41, 5.74) is 9.18. The van der Waals surface area contributed by atoms with Gasteiger partial charge in [-0.3, -0.25) is 4.57 Å². The van der Waals surface area contributed by atoms with Crippen molar-refractivity contribution in [1.29, 1.82) is 0 Å². The van der Waals surface area contributed by atoms with Gasteiger partial charge in [-0.15, -0.1) is 0 Å². The minimum Gasteiger partial charge on any atom is -0.382 e. The van der Waals surface area contributed by atoms with Gasteiger partial charge in [-0.05, 0) is 31.6 Å². The predicted octanol–water partition coefficient (Wildman–Crippen LogP) is 2.15. The van der Waals surface area contributed by atoms with Crippen LogP contribution in [0.5, 0.6) is 0 Å². The number of nitrogens with zero attached hydrogens (tertiary/aromatic N) is 4. The number of hydrogen-bond acceptors (Lipinski definition) is 5. The molecule has 26 heavy (non-hydrogen) atoms. The third-order valence-electron chi connectivity index (χ3n) is 4.31. The van der Waals surface area contributed by atoms with Gasteiger partial charge in [0, 0.05) is 13.0 Å². The summed E-state index contributed by atoms with van der Waals surface area (Å²) in [5.74, 6) is 1.02. The van der Waals surface area contributed by atoms with Crippen molar-refractivity contribution in [3.8, 4) is 0 Å². The van der Waals surface area contributed by atoms with Crippen molar-refractivity contribution >= 4 is 17.0 Å². The maximum Gasteiger partial charge on any atom is 0.328 e. The molecular weight excluding hydrogens is 328 g/mol. The molecule has 0 saturated carbocycles. The van der Waals surface area contributed by atoms with Crippen LogP contribution in [0.4, 0.5) is 5.82 Å². The number of fused-ring (bicyclic) bond motifs is 1. The van der Waals surface area contributed by atoms with Crippen molar-refractivity contribution in [3.05, 3.63) is 51.7 Å². The van der Waals surface area contributed by atoms with Crippen LogP contribution >= 0.6 is 0 Å². The highest BCUT2D eigenvalue weighted by Crippen LogP contribution is 2.16. The molecule has 0 amide bonds. The van der Waals surface area contributed by atoms with Gasteiger partial charge < -0.3 is 15.6 Å². The number of nitrogen functional groups attached to an aromatic ring is 1. The fraction of sp³-hybridized carbons (Fsp3) is 0.421. The van der Waals surface area contributed by atoms with Gasteiger partial charge in [0.25, 0.3) is 0 Å². The smallest absolute Gasteiger partial charge is 0.328 e. The van der Waals surface area contributed by atoms with Crippen LogP contribution in [0.1, 0.15) is 36.7 Å². The average Bonchev–Trinajstić information content (AvgIpc) is 2.91. The fourth-order valence-corrected chi connectivity index (χ4v) is 2.99. The highest BCUT2D eigenvalue weighted by Gasteiger charge is 2.14. The maximum atomic E-state index is 12.4. The molecule has 138 valence electrons. The van der Waals surface area contributed by atoms with E-state index in [1.165, 1.54) is 5.56 Å². The summed E-state index contributed by atoms with van der Waals surface area (Å²) in [5, 5.41) is 0. The molecule has 0 atom stereocenters. The SMILES string of the molecule is CCCCc1nc(N)c2[nH]c(=O)n(Cc3ccc(CN(C)C)cc3)c2n1. The van der Waals surface area contributed by atoms with Gasteiger partial charge in [0.2, 0.25) is 0 Å². The van der Waals surface area contributed by atoms with E-state index in [-0.39, 0.29) is 5.69 Å². The molecule has 7 heteroatoms. The Balaban J connectivity index is 1.92. The third kappa shape index (κ3) is 3.94. The van der Waals surface area contributed by atoms with Crippen LogP contribution in [0.2, 0.25) is 0 Å². The Morgan fingerprint density at radius 2 is 1.85 bits per heavy atom. The van der Waals surface area contributed by atoms with Crippen LogP contribution in [-0.4, -0.2) is 38.5 Å². The molecule has 7 nitrogen and oxygen atoms in total. The van der Waals surface area contributed by atoms with Crippen LogP contribution in [0, 0.1) is 0 Å². The summed E-state index contributed by atoms with van der Waals surface area (Å²) < 4.78 is 1.63. The Kier molecular flexibility index (Phi) is 5.37. The first kappa shape index (κ1) is 18.1. The number of H-pyrrole nitrogens is 1. The number of imidazole rings is 1. The summed E-state index contributed by atoms with van der Waals surface area (Å²) in [6, 6.07) is 8.27. The molecule has 0 saturated heterocycles. The molecule has 1 aromatic carbocycles. The first-order valence-electron chi connectivity index (χ1n) is 8.95. The van der Waals surface area contributed by atoms with Gasteiger partial charge in [-0.1, -0.05) is 37.6 Å². The third-order valence-corrected chi connectivity index (χ3v) is 4.31. The van der Waals surface area contributed by atoms with Crippen LogP contribution in [0.25, 0.3) is 11.2 Å². The Morgan fingerprint density at radius 3 is 2.50 bits per heavy atom. The van der Waals surface area contributed by atoms with E-state index in [0.717, 1.165) is 31.4 Å². The van der Waals surface area contributed by atoms with Crippen molar-refractivity contribution in [2.45, 2.75) is 39.3 Å². The number of hydrogen-bond donors (Lipinski definition) is 2. The monoisotopic (exact) mass is 354 g/mol. The molecule has 2 aromatic heterocycles. The number of aryl methyl sites for hydroxylation is 1. The number of aromatic amines is 1. The largest absolute Gasteiger partial charge is 0.382 e. The van der Waals surface area contributed by atoms with Gasteiger partial charge >= 0.3 is 5.69 Å². The molecule has 0 bridgehead atoms. The Labute approximate surface area is 152 Å².